The lowest BCUT2D eigenvalue weighted by atomic mass is 9.41. The van der Waals surface area contributed by atoms with Gasteiger partial charge in [0.25, 0.3) is 0 Å². The summed E-state index contributed by atoms with van der Waals surface area (Å²) in [6, 6.07) is 1.72. The van der Waals surface area contributed by atoms with E-state index in [0.29, 0.717) is 24.2 Å². The zero-order valence-electron chi connectivity index (χ0n) is 15.5. The van der Waals surface area contributed by atoms with Crippen LogP contribution in [0, 0.1) is 28.6 Å². The van der Waals surface area contributed by atoms with Crippen molar-refractivity contribution in [3.8, 4) is 0 Å². The predicted molar refractivity (Wildman–Crippen MR) is 92.2 cm³/mol. The van der Waals surface area contributed by atoms with Crippen molar-refractivity contribution in [1.82, 2.24) is 0 Å². The highest BCUT2D eigenvalue weighted by Gasteiger charge is 2.68. The molecule has 0 bridgehead atoms. The van der Waals surface area contributed by atoms with Gasteiger partial charge in [0.2, 0.25) is 0 Å². The summed E-state index contributed by atoms with van der Waals surface area (Å²) in [5.41, 5.74) is -2.29. The fraction of sp³-hybridized carbons (Fsp3) is 0.750. The number of carbonyl (C=O) groups is 1. The minimum Gasteiger partial charge on any atom is -0.481 e. The van der Waals surface area contributed by atoms with Crippen molar-refractivity contribution < 1.29 is 29.6 Å². The van der Waals surface area contributed by atoms with Crippen LogP contribution in [0.3, 0.4) is 0 Å². The Labute approximate surface area is 152 Å². The van der Waals surface area contributed by atoms with Gasteiger partial charge in [-0.3, -0.25) is 4.79 Å². The molecule has 144 valence electrons. The number of hydrogen-bond donors (Lipinski definition) is 4. The fourth-order valence-corrected chi connectivity index (χ4v) is 6.77. The van der Waals surface area contributed by atoms with Gasteiger partial charge in [-0.1, -0.05) is 13.3 Å². The third-order valence-electron chi connectivity index (χ3n) is 7.98. The molecule has 0 aromatic carbocycles. The van der Waals surface area contributed by atoms with Gasteiger partial charge in [-0.15, -0.1) is 0 Å². The molecule has 2 fully saturated rings. The Balaban J connectivity index is 1.89. The average molecular weight is 364 g/mol. The van der Waals surface area contributed by atoms with E-state index in [1.807, 2.05) is 6.92 Å². The Morgan fingerprint density at radius 1 is 1.19 bits per heavy atom. The summed E-state index contributed by atoms with van der Waals surface area (Å²) >= 11 is 0. The summed E-state index contributed by atoms with van der Waals surface area (Å²) in [5.74, 6) is -1.55. The summed E-state index contributed by atoms with van der Waals surface area (Å²) in [6.07, 6.45) is 1.69. The highest BCUT2D eigenvalue weighted by Crippen LogP contribution is 2.65. The number of aliphatic hydroxyl groups excluding tert-OH is 2. The van der Waals surface area contributed by atoms with Crippen LogP contribution in [0.2, 0.25) is 0 Å². The minimum atomic E-state index is -1.34. The first-order valence-electron chi connectivity index (χ1n) is 9.44. The average Bonchev–Trinajstić information content (AvgIpc) is 3.02. The van der Waals surface area contributed by atoms with Crippen molar-refractivity contribution in [1.29, 1.82) is 0 Å². The molecule has 2 saturated carbocycles. The van der Waals surface area contributed by atoms with Crippen LogP contribution in [0.4, 0.5) is 0 Å². The molecule has 0 radical (unpaired) electrons. The van der Waals surface area contributed by atoms with Crippen LogP contribution in [0.15, 0.2) is 16.7 Å². The van der Waals surface area contributed by atoms with Gasteiger partial charge in [0, 0.05) is 23.8 Å². The van der Waals surface area contributed by atoms with Crippen LogP contribution in [0.1, 0.15) is 51.4 Å². The zero-order chi connectivity index (χ0) is 19.1. The lowest BCUT2D eigenvalue weighted by Crippen LogP contribution is -2.69. The number of aliphatic carboxylic acids is 1. The number of fused-ring (bicyclic) bond motifs is 4. The quantitative estimate of drug-likeness (QED) is 0.606. The van der Waals surface area contributed by atoms with E-state index in [4.69, 9.17) is 4.42 Å². The normalized spacial score (nSPS) is 50.5. The van der Waals surface area contributed by atoms with Gasteiger partial charge in [-0.05, 0) is 44.1 Å². The van der Waals surface area contributed by atoms with Crippen LogP contribution in [0.5, 0.6) is 0 Å². The topological polar surface area (TPSA) is 111 Å². The van der Waals surface area contributed by atoms with Gasteiger partial charge in [0.15, 0.2) is 0 Å². The highest BCUT2D eigenvalue weighted by atomic mass is 16.4. The maximum atomic E-state index is 12.1. The van der Waals surface area contributed by atoms with Gasteiger partial charge < -0.3 is 24.8 Å². The van der Waals surface area contributed by atoms with Gasteiger partial charge >= 0.3 is 5.97 Å². The molecule has 1 aromatic rings. The van der Waals surface area contributed by atoms with Crippen molar-refractivity contribution in [2.24, 2.45) is 28.6 Å². The molecule has 1 heterocycles. The van der Waals surface area contributed by atoms with Crippen molar-refractivity contribution in [3.05, 3.63) is 23.7 Å². The van der Waals surface area contributed by atoms with E-state index in [1.54, 1.807) is 26.2 Å². The summed E-state index contributed by atoms with van der Waals surface area (Å²) in [7, 11) is 0. The van der Waals surface area contributed by atoms with Crippen molar-refractivity contribution in [3.63, 3.8) is 0 Å². The molecule has 4 rings (SSSR count). The van der Waals surface area contributed by atoms with Crippen molar-refractivity contribution in [2.75, 3.05) is 0 Å². The van der Waals surface area contributed by atoms with E-state index in [1.165, 1.54) is 0 Å². The van der Waals surface area contributed by atoms with Crippen molar-refractivity contribution >= 4 is 5.97 Å². The monoisotopic (exact) mass is 364 g/mol. The van der Waals surface area contributed by atoms with E-state index < -0.39 is 46.4 Å². The van der Waals surface area contributed by atoms with Crippen LogP contribution in [0.25, 0.3) is 0 Å². The third-order valence-corrected chi connectivity index (χ3v) is 7.98. The molecule has 8 atom stereocenters. The lowest BCUT2D eigenvalue weighted by molar-refractivity contribution is -0.253. The summed E-state index contributed by atoms with van der Waals surface area (Å²) in [6.45, 7) is 5.37. The lowest BCUT2D eigenvalue weighted by Gasteiger charge is -2.64. The Hall–Kier alpha value is -1.37. The number of rotatable bonds is 1. The van der Waals surface area contributed by atoms with Crippen LogP contribution < -0.4 is 0 Å². The smallest absolute Gasteiger partial charge is 0.309 e. The van der Waals surface area contributed by atoms with Gasteiger partial charge in [0.1, 0.15) is 5.76 Å². The first-order valence-corrected chi connectivity index (χ1v) is 9.44. The van der Waals surface area contributed by atoms with E-state index in [-0.39, 0.29) is 5.92 Å². The molecule has 6 heteroatoms. The zero-order valence-corrected chi connectivity index (χ0v) is 15.5. The van der Waals surface area contributed by atoms with E-state index in [9.17, 15) is 25.2 Å². The number of carboxylic acid groups (broad SMARTS) is 1. The van der Waals surface area contributed by atoms with Crippen LogP contribution in [-0.2, 0) is 16.8 Å². The van der Waals surface area contributed by atoms with Gasteiger partial charge in [0.05, 0.1) is 29.5 Å². The second-order valence-corrected chi connectivity index (χ2v) is 9.28. The number of carboxylic acids is 1. The Bertz CT molecular complexity index is 738. The molecule has 0 aliphatic heterocycles. The molecule has 0 amide bonds. The fourth-order valence-electron chi connectivity index (χ4n) is 6.77. The Morgan fingerprint density at radius 3 is 2.54 bits per heavy atom. The minimum absolute atomic E-state index is 0.168. The summed E-state index contributed by atoms with van der Waals surface area (Å²) < 4.78 is 5.61. The molecule has 4 N–H and O–H groups in total. The number of hydrogen-bond acceptors (Lipinski definition) is 5. The Morgan fingerprint density at radius 2 is 1.88 bits per heavy atom. The maximum Gasteiger partial charge on any atom is 0.309 e. The molecule has 6 nitrogen and oxygen atoms in total. The number of aliphatic hydroxyl groups is 3. The summed E-state index contributed by atoms with van der Waals surface area (Å²) in [5, 5.41) is 43.3. The second-order valence-electron chi connectivity index (χ2n) is 9.28. The van der Waals surface area contributed by atoms with Crippen LogP contribution in [-0.4, -0.2) is 38.6 Å². The van der Waals surface area contributed by atoms with E-state index in [2.05, 4.69) is 0 Å². The molecule has 0 spiro atoms. The molecule has 26 heavy (non-hydrogen) atoms. The predicted octanol–water partition coefficient (Wildman–Crippen LogP) is 1.91. The molecule has 1 aromatic heterocycles. The van der Waals surface area contributed by atoms with E-state index in [0.717, 1.165) is 12.8 Å². The largest absolute Gasteiger partial charge is 0.481 e. The molecule has 3 aliphatic rings. The van der Waals surface area contributed by atoms with Crippen molar-refractivity contribution in [2.45, 2.75) is 64.3 Å². The standard InChI is InChI=1S/C20H28O6/c1-18-6-4-7-19(2,17(23)24)16(18)15(22)14(21)13-11(18)9-12-10(5-8-26-12)20(13,3)25/h5,8,11,13-16,21-22,25H,4,6-7,9H2,1-3H3,(H,23,24). The van der Waals surface area contributed by atoms with Gasteiger partial charge in [-0.2, -0.15) is 0 Å². The molecule has 0 saturated heterocycles. The SMILES string of the molecule is CC1(C(=O)O)CCCC2(C)C3Cc4occc4C(C)(O)C3C(O)C(O)C12. The maximum absolute atomic E-state index is 12.1. The first-order chi connectivity index (χ1) is 12.0. The number of furan rings is 1. The summed E-state index contributed by atoms with van der Waals surface area (Å²) in [4.78, 5) is 12.1. The molecular formula is C20H28O6. The molecular weight excluding hydrogens is 336 g/mol. The van der Waals surface area contributed by atoms with Gasteiger partial charge in [-0.25, -0.2) is 0 Å². The Kier molecular flexibility index (Phi) is 3.70. The third kappa shape index (κ3) is 2.01. The first kappa shape index (κ1) is 18.0. The second kappa shape index (κ2) is 5.33. The van der Waals surface area contributed by atoms with Crippen LogP contribution >= 0.6 is 0 Å². The molecule has 3 aliphatic carbocycles. The molecule has 8 unspecified atom stereocenters. The highest BCUT2D eigenvalue weighted by molar-refractivity contribution is 5.75. The van der Waals surface area contributed by atoms with E-state index >= 15 is 0 Å².